The first kappa shape index (κ1) is 80.9. The molecule has 0 fully saturated rings. The highest BCUT2D eigenvalue weighted by molar-refractivity contribution is 6.15. The first-order chi connectivity index (χ1) is 68.5. The Morgan fingerprint density at radius 3 is 0.804 bits per heavy atom. The van der Waals surface area contributed by atoms with Crippen LogP contribution in [-0.4, -0.2) is 28.7 Å². The van der Waals surface area contributed by atoms with Gasteiger partial charge in [-0.25, -0.2) is 4.98 Å². The van der Waals surface area contributed by atoms with Gasteiger partial charge >= 0.3 is 0 Å². The van der Waals surface area contributed by atoms with Crippen molar-refractivity contribution in [1.82, 2.24) is 28.7 Å². The largest absolute Gasteiger partial charge is 0.309 e. The normalized spacial score (nSPS) is 15.2. The Hall–Kier alpha value is -18.0. The third-order valence-corrected chi connectivity index (χ3v) is 29.2. The van der Waals surface area contributed by atoms with Gasteiger partial charge in [-0.3, -0.25) is 9.97 Å². The Morgan fingerprint density at radius 2 is 0.435 bits per heavy atom. The average molecular weight is 1760 g/mol. The van der Waals surface area contributed by atoms with Gasteiger partial charge in [0.1, 0.15) is 0 Å². The first-order valence-electron chi connectivity index (χ1n) is 47.5. The van der Waals surface area contributed by atoms with E-state index in [9.17, 15) is 0 Å². The van der Waals surface area contributed by atoms with Crippen LogP contribution in [0.1, 0.15) is 66.8 Å². The Bertz CT molecular complexity index is 8540. The lowest BCUT2D eigenvalue weighted by atomic mass is 9.63. The van der Waals surface area contributed by atoms with Crippen molar-refractivity contribution >= 4 is 65.4 Å². The van der Waals surface area contributed by atoms with Gasteiger partial charge in [-0.05, 0) is 178 Å². The predicted octanol–water partition coefficient (Wildman–Crippen LogP) is 32.3. The summed E-state index contributed by atoms with van der Waals surface area (Å²) in [4.78, 5) is 14.0. The molecule has 3 aliphatic rings. The molecule has 0 amide bonds. The third-order valence-electron chi connectivity index (χ3n) is 29.2. The standard InChI is InChI=1S/C48H32N2.2C42H28N2/c1-4-15-33(16-5-1)36-31-43(34-17-6-2-7-18-34)49-44(32-36)35-27-29-38(30-28-35)48(37-19-8-3-9-20-37)41-23-11-13-26-46(41)50-45-25-12-10-21-39(45)40-22-14-24-42(48)47(40)50;1-2-11-33(12-3-1)42(34-25-23-30(24-26-34)29-19-21-31(22-20-29)32-10-9-27-43-28-32)37-15-5-7-18-40(37)44-39-17-6-4-13-35(39)36-14-8-16-38(42)41(36)44;1-2-11-32(12-3-1)42(33-26-24-30(25-27-33)29-20-22-31(23-21-29)38-17-8-9-28-43-38)36-15-5-7-19-40(36)44-39-18-6-4-13-34(39)35-14-10-16-37(42)41(35)44/h1-32H;2*1-28H. The van der Waals surface area contributed by atoms with E-state index in [1.54, 1.807) is 0 Å². The number of aromatic nitrogens is 6. The van der Waals surface area contributed by atoms with Crippen molar-refractivity contribution in [3.05, 3.63) is 601 Å². The minimum atomic E-state index is -0.533. The smallest absolute Gasteiger partial charge is 0.0742 e. The van der Waals surface area contributed by atoms with Gasteiger partial charge in [0.05, 0.1) is 83.5 Å². The SMILES string of the molecule is c1ccc(-c2cc(-c3ccccc3)nc(-c3ccc(C4(c5ccccc5)c5ccccc5-n5c6ccccc6c6cccc4c65)cc3)c2)cc1.c1ccc(C2(c3ccc(-c4ccc(-c5ccccn5)cc4)cc3)c3ccccc3-n3c4ccccc4c4cccc2c43)cc1.c1ccc(C2(c3ccc(-c4ccc(-c5cccnc5)cc4)cc3)c3ccccc3-n3c4ccccc4c4cccc2c43)cc1. The Morgan fingerprint density at radius 1 is 0.167 bits per heavy atom. The van der Waals surface area contributed by atoms with Gasteiger partial charge < -0.3 is 13.7 Å². The van der Waals surface area contributed by atoms with Crippen LogP contribution in [0.2, 0.25) is 0 Å². The van der Waals surface area contributed by atoms with E-state index >= 15 is 0 Å². The van der Waals surface area contributed by atoms with E-state index in [0.29, 0.717) is 0 Å². The summed E-state index contributed by atoms with van der Waals surface area (Å²) in [5, 5.41) is 7.70. The Balaban J connectivity index is 0.000000107. The topological polar surface area (TPSA) is 53.5 Å². The fourth-order valence-corrected chi connectivity index (χ4v) is 23.2. The second-order valence-corrected chi connectivity index (χ2v) is 36.3. The van der Waals surface area contributed by atoms with Crippen LogP contribution in [0.25, 0.3) is 161 Å². The van der Waals surface area contributed by atoms with Crippen molar-refractivity contribution < 1.29 is 0 Å². The van der Waals surface area contributed by atoms with Crippen LogP contribution in [0.5, 0.6) is 0 Å². The molecule has 646 valence electrons. The summed E-state index contributed by atoms with van der Waals surface area (Å²) in [6.45, 7) is 0. The van der Waals surface area contributed by atoms with Crippen LogP contribution in [0.4, 0.5) is 0 Å². The van der Waals surface area contributed by atoms with E-state index in [1.165, 1.54) is 183 Å². The highest BCUT2D eigenvalue weighted by atomic mass is 15.0. The Labute approximate surface area is 801 Å². The van der Waals surface area contributed by atoms with Crippen molar-refractivity contribution in [3.63, 3.8) is 0 Å². The van der Waals surface area contributed by atoms with Crippen LogP contribution in [0.3, 0.4) is 0 Å². The fraction of sp³-hybridized carbons (Fsp3) is 0.0227. The Kier molecular flexibility index (Phi) is 19.5. The number of pyridine rings is 3. The monoisotopic (exact) mass is 1760 g/mol. The van der Waals surface area contributed by atoms with Crippen LogP contribution in [0.15, 0.2) is 534 Å². The molecule has 9 heterocycles. The quantitative estimate of drug-likeness (QED) is 0.116. The number of rotatable bonds is 13. The molecule has 3 aliphatic heterocycles. The summed E-state index contributed by atoms with van der Waals surface area (Å²) in [5.41, 5.74) is 40.7. The van der Waals surface area contributed by atoms with Gasteiger partial charge in [0.2, 0.25) is 0 Å². The number of benzene rings is 19. The second kappa shape index (κ2) is 33.3. The lowest BCUT2D eigenvalue weighted by Crippen LogP contribution is -2.35. The average Bonchev–Trinajstić information content (AvgIpc) is 1.54. The molecule has 3 atom stereocenters. The highest BCUT2D eigenvalue weighted by Gasteiger charge is 2.49. The molecular formula is C132H88N6. The zero-order chi connectivity index (χ0) is 91.3. The molecule has 0 aliphatic carbocycles. The molecule has 0 N–H and O–H groups in total. The van der Waals surface area contributed by atoms with Gasteiger partial charge in [0.25, 0.3) is 0 Å². The number of para-hydroxylation sites is 9. The van der Waals surface area contributed by atoms with Gasteiger partial charge in [0.15, 0.2) is 0 Å². The summed E-state index contributed by atoms with van der Waals surface area (Å²) in [7, 11) is 0. The highest BCUT2D eigenvalue weighted by Crippen LogP contribution is 2.59. The molecule has 19 aromatic carbocycles. The number of hydrogen-bond acceptors (Lipinski definition) is 3. The van der Waals surface area contributed by atoms with Gasteiger partial charge in [-0.2, -0.15) is 0 Å². The molecule has 0 radical (unpaired) electrons. The molecule has 6 heteroatoms. The summed E-state index contributed by atoms with van der Waals surface area (Å²) in [6.07, 6.45) is 5.56. The zero-order valence-corrected chi connectivity index (χ0v) is 75.5. The van der Waals surface area contributed by atoms with Crippen molar-refractivity contribution in [1.29, 1.82) is 0 Å². The second-order valence-electron chi connectivity index (χ2n) is 36.3. The molecule has 138 heavy (non-hydrogen) atoms. The van der Waals surface area contributed by atoms with E-state index in [0.717, 1.165) is 44.9 Å². The van der Waals surface area contributed by atoms with Crippen molar-refractivity contribution in [2.45, 2.75) is 16.2 Å². The summed E-state index contributed by atoms with van der Waals surface area (Å²) >= 11 is 0. The molecule has 0 saturated carbocycles. The van der Waals surface area contributed by atoms with Crippen LogP contribution < -0.4 is 0 Å². The molecule has 3 unspecified atom stereocenters. The summed E-state index contributed by atoms with van der Waals surface area (Å²) in [5.74, 6) is 0. The number of nitrogens with zero attached hydrogens (tertiary/aromatic N) is 6. The lowest BCUT2D eigenvalue weighted by Gasteiger charge is -2.41. The van der Waals surface area contributed by atoms with Gasteiger partial charge in [-0.1, -0.05) is 449 Å². The van der Waals surface area contributed by atoms with Crippen LogP contribution >= 0.6 is 0 Å². The van der Waals surface area contributed by atoms with Crippen molar-refractivity contribution in [3.8, 4) is 95.3 Å². The van der Waals surface area contributed by atoms with E-state index in [-0.39, 0.29) is 0 Å². The molecular weight excluding hydrogens is 1670 g/mol. The van der Waals surface area contributed by atoms with E-state index in [1.807, 2.05) is 36.8 Å². The van der Waals surface area contributed by atoms with E-state index in [4.69, 9.17) is 4.98 Å². The maximum Gasteiger partial charge on any atom is 0.0742 e. The summed E-state index contributed by atoms with van der Waals surface area (Å²) < 4.78 is 7.44. The van der Waals surface area contributed by atoms with Gasteiger partial charge in [0, 0.05) is 67.6 Å². The third kappa shape index (κ3) is 12.8. The molecule has 0 saturated heterocycles. The predicted molar refractivity (Wildman–Crippen MR) is 569 cm³/mol. The molecule has 0 spiro atoms. The minimum Gasteiger partial charge on any atom is -0.309 e. The molecule has 6 aromatic heterocycles. The van der Waals surface area contributed by atoms with Gasteiger partial charge in [-0.15, -0.1) is 0 Å². The zero-order valence-electron chi connectivity index (χ0n) is 75.5. The lowest BCUT2D eigenvalue weighted by molar-refractivity contribution is 0.728. The van der Waals surface area contributed by atoms with Crippen molar-refractivity contribution in [2.75, 3.05) is 0 Å². The maximum absolute atomic E-state index is 5.24. The molecule has 6 nitrogen and oxygen atoms in total. The molecule has 0 bridgehead atoms. The van der Waals surface area contributed by atoms with Crippen LogP contribution in [-0.2, 0) is 16.2 Å². The maximum atomic E-state index is 5.24. The first-order valence-corrected chi connectivity index (χ1v) is 47.5. The summed E-state index contributed by atoms with van der Waals surface area (Å²) in [6, 6.07) is 188. The van der Waals surface area contributed by atoms with E-state index < -0.39 is 16.2 Å². The van der Waals surface area contributed by atoms with E-state index in [2.05, 4.69) is 521 Å². The fourth-order valence-electron chi connectivity index (χ4n) is 23.2. The molecule has 28 rings (SSSR count). The molecule has 25 aromatic rings. The number of fused-ring (bicyclic) bond motifs is 15. The van der Waals surface area contributed by atoms with Crippen LogP contribution in [0, 0.1) is 0 Å². The minimum absolute atomic E-state index is 0.482. The van der Waals surface area contributed by atoms with Crippen molar-refractivity contribution in [2.24, 2.45) is 0 Å². The number of hydrogen-bond donors (Lipinski definition) is 0.